The van der Waals surface area contributed by atoms with Gasteiger partial charge in [0.2, 0.25) is 0 Å². The van der Waals surface area contributed by atoms with Crippen molar-refractivity contribution in [1.82, 2.24) is 19.5 Å². The molecule has 11 heteroatoms. The van der Waals surface area contributed by atoms with Gasteiger partial charge in [0.1, 0.15) is 11.2 Å². The topological polar surface area (TPSA) is 75.9 Å². The van der Waals surface area contributed by atoms with Crippen LogP contribution < -0.4 is 10.2 Å². The summed E-state index contributed by atoms with van der Waals surface area (Å²) in [5.41, 5.74) is 2.13. The minimum Gasteiger partial charge on any atom is -0.376 e. The third kappa shape index (κ3) is 4.89. The number of halogens is 3. The lowest BCUT2D eigenvalue weighted by atomic mass is 10.0. The highest BCUT2D eigenvalue weighted by Gasteiger charge is 2.31. The maximum absolute atomic E-state index is 13.1. The van der Waals surface area contributed by atoms with E-state index in [2.05, 4.69) is 20.3 Å². The van der Waals surface area contributed by atoms with E-state index in [9.17, 15) is 18.0 Å². The zero-order valence-corrected chi connectivity index (χ0v) is 19.8. The molecule has 178 valence electrons. The van der Waals surface area contributed by atoms with E-state index in [-0.39, 0.29) is 18.1 Å². The molecule has 0 aliphatic rings. The normalized spacial score (nSPS) is 12.7. The first-order valence-electron chi connectivity index (χ1n) is 10.4. The van der Waals surface area contributed by atoms with Crippen molar-refractivity contribution in [3.8, 4) is 0 Å². The summed E-state index contributed by atoms with van der Waals surface area (Å²) in [6.07, 6.45) is 0.779. The Morgan fingerprint density at radius 3 is 2.65 bits per heavy atom. The predicted octanol–water partition coefficient (Wildman–Crippen LogP) is 5.63. The van der Waals surface area contributed by atoms with E-state index in [0.29, 0.717) is 22.2 Å². The number of aromatic nitrogens is 4. The van der Waals surface area contributed by atoms with Gasteiger partial charge in [-0.05, 0) is 30.2 Å². The lowest BCUT2D eigenvalue weighted by Crippen LogP contribution is -2.13. The van der Waals surface area contributed by atoms with Crippen molar-refractivity contribution in [3.63, 3.8) is 0 Å². The Hall–Kier alpha value is -3.47. The van der Waals surface area contributed by atoms with Crippen molar-refractivity contribution in [3.05, 3.63) is 59.1 Å². The lowest BCUT2D eigenvalue weighted by Gasteiger charge is -2.19. The number of imidazole rings is 1. The molecule has 3 heterocycles. The average Bonchev–Trinajstić information content (AvgIpc) is 3.39. The standard InChI is InChI=1S/C23H23F3N6OS/c1-13(7-20(33)16-9-19-17(10-27-16)29-12-32(19)4)21-11-28-22(34-21)30-15-6-5-14(23(24,25)26)8-18(15)31(2)3/h5-6,8-13H,7H2,1-4H3,(H,28,30). The number of alkyl halides is 3. The number of pyridine rings is 1. The van der Waals surface area contributed by atoms with Crippen LogP contribution in [0, 0.1) is 0 Å². The quantitative estimate of drug-likeness (QED) is 0.340. The number of nitrogens with zero attached hydrogens (tertiary/aromatic N) is 5. The van der Waals surface area contributed by atoms with Crippen molar-refractivity contribution >= 4 is 44.7 Å². The number of benzene rings is 1. The molecule has 0 saturated carbocycles. The molecule has 4 aromatic rings. The Labute approximate surface area is 198 Å². The van der Waals surface area contributed by atoms with Crippen LogP contribution >= 0.6 is 11.3 Å². The Kier molecular flexibility index (Phi) is 6.30. The zero-order chi connectivity index (χ0) is 24.6. The van der Waals surface area contributed by atoms with E-state index in [0.717, 1.165) is 28.0 Å². The number of hydrogen-bond donors (Lipinski definition) is 1. The number of rotatable bonds is 7. The maximum atomic E-state index is 13.1. The molecule has 0 spiro atoms. The van der Waals surface area contributed by atoms with Gasteiger partial charge >= 0.3 is 6.18 Å². The number of ketones is 1. The molecule has 4 rings (SSSR count). The van der Waals surface area contributed by atoms with Crippen molar-refractivity contribution in [2.24, 2.45) is 7.05 Å². The molecule has 0 aliphatic heterocycles. The Morgan fingerprint density at radius 1 is 1.18 bits per heavy atom. The lowest BCUT2D eigenvalue weighted by molar-refractivity contribution is -0.137. The number of thiazole rings is 1. The van der Waals surface area contributed by atoms with Crippen LogP contribution in [0.15, 0.2) is 43.0 Å². The number of aryl methyl sites for hydroxylation is 1. The van der Waals surface area contributed by atoms with Crippen molar-refractivity contribution in [2.75, 3.05) is 24.3 Å². The van der Waals surface area contributed by atoms with E-state index in [4.69, 9.17) is 0 Å². The average molecular weight is 489 g/mol. The summed E-state index contributed by atoms with van der Waals surface area (Å²) in [5.74, 6) is -0.193. The van der Waals surface area contributed by atoms with Gasteiger partial charge in [-0.15, -0.1) is 11.3 Å². The van der Waals surface area contributed by atoms with Gasteiger partial charge in [-0.1, -0.05) is 6.92 Å². The first-order chi connectivity index (χ1) is 16.0. The number of hydrogen-bond acceptors (Lipinski definition) is 7. The zero-order valence-electron chi connectivity index (χ0n) is 19.0. The molecule has 0 aliphatic carbocycles. The second-order valence-corrected chi connectivity index (χ2v) is 9.32. The van der Waals surface area contributed by atoms with Crippen LogP contribution in [0.25, 0.3) is 11.0 Å². The molecule has 0 saturated heterocycles. The number of anilines is 3. The first-order valence-corrected chi connectivity index (χ1v) is 11.3. The highest BCUT2D eigenvalue weighted by atomic mass is 32.1. The van der Waals surface area contributed by atoms with Gasteiger partial charge in [-0.2, -0.15) is 13.2 Å². The second kappa shape index (κ2) is 9.05. The van der Waals surface area contributed by atoms with Crippen molar-refractivity contribution in [2.45, 2.75) is 25.4 Å². The molecule has 0 fully saturated rings. The van der Waals surface area contributed by atoms with E-state index in [1.54, 1.807) is 43.8 Å². The fourth-order valence-corrected chi connectivity index (χ4v) is 4.42. The monoisotopic (exact) mass is 488 g/mol. The first kappa shape index (κ1) is 23.7. The van der Waals surface area contributed by atoms with Crippen LogP contribution in [-0.4, -0.2) is 39.4 Å². The SMILES string of the molecule is CC(CC(=O)c1cc2c(cn1)ncn2C)c1cnc(Nc2ccc(C(F)(F)F)cc2N(C)C)s1. The van der Waals surface area contributed by atoms with Crippen molar-refractivity contribution < 1.29 is 18.0 Å². The molecule has 1 unspecified atom stereocenters. The summed E-state index contributed by atoms with van der Waals surface area (Å²) >= 11 is 1.36. The van der Waals surface area contributed by atoms with E-state index >= 15 is 0 Å². The molecule has 0 amide bonds. The van der Waals surface area contributed by atoms with Gasteiger partial charge in [-0.3, -0.25) is 9.78 Å². The van der Waals surface area contributed by atoms with E-state index < -0.39 is 11.7 Å². The Balaban J connectivity index is 1.48. The van der Waals surface area contributed by atoms with E-state index in [1.165, 1.54) is 17.4 Å². The molecule has 3 aromatic heterocycles. The van der Waals surface area contributed by atoms with Gasteiger partial charge in [-0.25, -0.2) is 9.97 Å². The molecule has 1 atom stereocenters. The molecule has 0 bridgehead atoms. The molecule has 7 nitrogen and oxygen atoms in total. The second-order valence-electron chi connectivity index (χ2n) is 8.26. The predicted molar refractivity (Wildman–Crippen MR) is 127 cm³/mol. The number of fused-ring (bicyclic) bond motifs is 1. The summed E-state index contributed by atoms with van der Waals surface area (Å²) in [7, 11) is 5.22. The minimum atomic E-state index is -4.42. The Bertz CT molecular complexity index is 1340. The molecule has 1 aromatic carbocycles. The highest BCUT2D eigenvalue weighted by Crippen LogP contribution is 2.37. The van der Waals surface area contributed by atoms with E-state index in [1.807, 2.05) is 18.5 Å². The smallest absolute Gasteiger partial charge is 0.376 e. The van der Waals surface area contributed by atoms with Crippen LogP contribution in [0.5, 0.6) is 0 Å². The van der Waals surface area contributed by atoms with Crippen molar-refractivity contribution in [1.29, 1.82) is 0 Å². The van der Waals surface area contributed by atoms with Crippen LogP contribution in [0.2, 0.25) is 0 Å². The van der Waals surface area contributed by atoms with Gasteiger partial charge < -0.3 is 14.8 Å². The van der Waals surface area contributed by atoms with Gasteiger partial charge in [0.25, 0.3) is 0 Å². The van der Waals surface area contributed by atoms with Gasteiger partial charge in [0, 0.05) is 38.6 Å². The fourth-order valence-electron chi connectivity index (χ4n) is 3.54. The molecule has 0 radical (unpaired) electrons. The fraction of sp³-hybridized carbons (Fsp3) is 0.304. The van der Waals surface area contributed by atoms with Crippen LogP contribution in [0.3, 0.4) is 0 Å². The summed E-state index contributed by atoms with van der Waals surface area (Å²) in [6.45, 7) is 1.93. The molecule has 1 N–H and O–H groups in total. The number of nitrogens with one attached hydrogen (secondary N) is 1. The largest absolute Gasteiger partial charge is 0.416 e. The van der Waals surface area contributed by atoms with Crippen LogP contribution in [0.1, 0.15) is 40.2 Å². The van der Waals surface area contributed by atoms with Crippen LogP contribution in [-0.2, 0) is 13.2 Å². The molecular formula is C23H23F3N6OS. The van der Waals surface area contributed by atoms with Crippen LogP contribution in [0.4, 0.5) is 29.7 Å². The summed E-state index contributed by atoms with van der Waals surface area (Å²) in [5, 5.41) is 3.64. The summed E-state index contributed by atoms with van der Waals surface area (Å²) < 4.78 is 41.1. The molecule has 34 heavy (non-hydrogen) atoms. The molecular weight excluding hydrogens is 465 g/mol. The van der Waals surface area contributed by atoms with Gasteiger partial charge in [0.15, 0.2) is 10.9 Å². The number of carbonyl (C=O) groups is 1. The highest BCUT2D eigenvalue weighted by molar-refractivity contribution is 7.15. The summed E-state index contributed by atoms with van der Waals surface area (Å²) in [4.78, 5) is 28.1. The number of Topliss-reactive ketones (excluding diaryl/α,β-unsaturated/α-hetero) is 1. The summed E-state index contributed by atoms with van der Waals surface area (Å²) in [6, 6.07) is 5.28. The Morgan fingerprint density at radius 2 is 1.94 bits per heavy atom. The number of carbonyl (C=O) groups excluding carboxylic acids is 1. The third-order valence-corrected chi connectivity index (χ3v) is 6.59. The third-order valence-electron chi connectivity index (χ3n) is 5.45. The minimum absolute atomic E-state index is 0.0869. The van der Waals surface area contributed by atoms with Gasteiger partial charge in [0.05, 0.1) is 35.0 Å². The maximum Gasteiger partial charge on any atom is 0.416 e.